The predicted molar refractivity (Wildman–Crippen MR) is 88.1 cm³/mol. The topological polar surface area (TPSA) is 49.9 Å². The zero-order valence-corrected chi connectivity index (χ0v) is 13.7. The fourth-order valence-corrected chi connectivity index (χ4v) is 4.47. The predicted octanol–water partition coefficient (Wildman–Crippen LogP) is 1.01. The number of nitrogens with zero attached hydrogens (tertiary/aromatic N) is 2. The number of para-hydroxylation sites is 1. The van der Waals surface area contributed by atoms with Crippen LogP contribution in [0.15, 0.2) is 30.3 Å². The minimum Gasteiger partial charge on any atom is -0.373 e. The van der Waals surface area contributed by atoms with E-state index in [0.29, 0.717) is 12.3 Å². The Morgan fingerprint density at radius 1 is 1.09 bits per heavy atom. The second-order valence-electron chi connectivity index (χ2n) is 6.08. The molecule has 0 amide bonds. The van der Waals surface area contributed by atoms with Crippen LogP contribution in [0, 0.1) is 0 Å². The lowest BCUT2D eigenvalue weighted by atomic mass is 10.2. The van der Waals surface area contributed by atoms with Crippen molar-refractivity contribution in [2.45, 2.75) is 12.5 Å². The molecule has 2 heterocycles. The lowest BCUT2D eigenvalue weighted by Crippen LogP contribution is -2.48. The maximum atomic E-state index is 11.7. The van der Waals surface area contributed by atoms with E-state index in [9.17, 15) is 8.42 Å². The van der Waals surface area contributed by atoms with Crippen LogP contribution >= 0.6 is 0 Å². The third-order valence-corrected chi connectivity index (χ3v) is 6.09. The van der Waals surface area contributed by atoms with E-state index < -0.39 is 9.84 Å². The van der Waals surface area contributed by atoms with Gasteiger partial charge in [-0.05, 0) is 25.1 Å². The standard InChI is InChI=1S/C16H24N2O3S/c19-22(20)11-4-7-17(9-12-22)13-16-14-18(8-10-21-16)15-5-2-1-3-6-15/h1-3,5-6,16H,4,7-14H2/t16-/m0/s1. The van der Waals surface area contributed by atoms with Gasteiger partial charge in [-0.3, -0.25) is 4.90 Å². The van der Waals surface area contributed by atoms with Gasteiger partial charge in [0.15, 0.2) is 9.84 Å². The maximum absolute atomic E-state index is 11.7. The second kappa shape index (κ2) is 6.98. The molecule has 0 unspecified atom stereocenters. The van der Waals surface area contributed by atoms with Gasteiger partial charge in [0.05, 0.1) is 24.2 Å². The molecule has 2 saturated heterocycles. The van der Waals surface area contributed by atoms with Crippen LogP contribution < -0.4 is 4.90 Å². The van der Waals surface area contributed by atoms with E-state index in [2.05, 4.69) is 34.1 Å². The van der Waals surface area contributed by atoms with Gasteiger partial charge in [-0.2, -0.15) is 0 Å². The van der Waals surface area contributed by atoms with Crippen LogP contribution in [0.25, 0.3) is 0 Å². The lowest BCUT2D eigenvalue weighted by molar-refractivity contribution is 0.0172. The zero-order chi connectivity index (χ0) is 15.4. The molecule has 0 bridgehead atoms. The number of benzene rings is 1. The van der Waals surface area contributed by atoms with Crippen LogP contribution in [-0.2, 0) is 14.6 Å². The first kappa shape index (κ1) is 15.8. The van der Waals surface area contributed by atoms with Crippen molar-refractivity contribution in [2.75, 3.05) is 55.7 Å². The lowest BCUT2D eigenvalue weighted by Gasteiger charge is -2.36. The van der Waals surface area contributed by atoms with Crippen LogP contribution in [0.5, 0.6) is 0 Å². The minimum absolute atomic E-state index is 0.148. The van der Waals surface area contributed by atoms with Gasteiger partial charge in [-0.1, -0.05) is 18.2 Å². The molecule has 2 aliphatic rings. The van der Waals surface area contributed by atoms with E-state index in [0.717, 1.165) is 39.2 Å². The molecular weight excluding hydrogens is 300 g/mol. The molecule has 0 aromatic heterocycles. The number of morpholine rings is 1. The molecule has 1 atom stereocenters. The molecule has 2 aliphatic heterocycles. The largest absolute Gasteiger partial charge is 0.373 e. The summed E-state index contributed by atoms with van der Waals surface area (Å²) in [5.41, 5.74) is 1.23. The summed E-state index contributed by atoms with van der Waals surface area (Å²) >= 11 is 0. The van der Waals surface area contributed by atoms with E-state index in [1.54, 1.807) is 0 Å². The van der Waals surface area contributed by atoms with Crippen LogP contribution in [0.3, 0.4) is 0 Å². The number of hydrogen-bond acceptors (Lipinski definition) is 5. The van der Waals surface area contributed by atoms with Gasteiger partial charge < -0.3 is 9.64 Å². The van der Waals surface area contributed by atoms with Gasteiger partial charge in [0, 0.05) is 31.9 Å². The van der Waals surface area contributed by atoms with E-state index in [1.807, 2.05) is 6.07 Å². The fourth-order valence-electron chi connectivity index (χ4n) is 3.16. The molecule has 0 spiro atoms. The molecule has 22 heavy (non-hydrogen) atoms. The Morgan fingerprint density at radius 3 is 2.73 bits per heavy atom. The van der Waals surface area contributed by atoms with Crippen molar-refractivity contribution in [3.63, 3.8) is 0 Å². The van der Waals surface area contributed by atoms with Crippen molar-refractivity contribution in [3.8, 4) is 0 Å². The van der Waals surface area contributed by atoms with Crippen molar-refractivity contribution in [2.24, 2.45) is 0 Å². The fraction of sp³-hybridized carbons (Fsp3) is 0.625. The summed E-state index contributed by atoms with van der Waals surface area (Å²) in [7, 11) is -2.84. The highest BCUT2D eigenvalue weighted by Crippen LogP contribution is 2.18. The summed E-state index contributed by atoms with van der Waals surface area (Å²) in [4.78, 5) is 4.59. The van der Waals surface area contributed by atoms with Crippen molar-refractivity contribution in [1.29, 1.82) is 0 Å². The monoisotopic (exact) mass is 324 g/mol. The normalized spacial score (nSPS) is 26.5. The Bertz CT molecular complexity index is 576. The van der Waals surface area contributed by atoms with E-state index in [4.69, 9.17) is 4.74 Å². The number of ether oxygens (including phenoxy) is 1. The van der Waals surface area contributed by atoms with Crippen molar-refractivity contribution in [3.05, 3.63) is 30.3 Å². The SMILES string of the molecule is O=S1(=O)CCCN(C[C@H]2CN(c3ccccc3)CCO2)CC1. The summed E-state index contributed by atoms with van der Waals surface area (Å²) in [5.74, 6) is 0.604. The molecule has 6 heteroatoms. The number of sulfone groups is 1. The summed E-state index contributed by atoms with van der Waals surface area (Å²) < 4.78 is 29.3. The molecule has 122 valence electrons. The maximum Gasteiger partial charge on any atom is 0.151 e. The van der Waals surface area contributed by atoms with Crippen molar-refractivity contribution < 1.29 is 13.2 Å². The van der Waals surface area contributed by atoms with Gasteiger partial charge in [0.25, 0.3) is 0 Å². The summed E-state index contributed by atoms with van der Waals surface area (Å²) in [6.45, 7) is 4.81. The Morgan fingerprint density at radius 2 is 1.91 bits per heavy atom. The first-order valence-corrected chi connectivity index (χ1v) is 9.79. The van der Waals surface area contributed by atoms with Crippen molar-refractivity contribution >= 4 is 15.5 Å². The highest BCUT2D eigenvalue weighted by atomic mass is 32.2. The summed E-state index contributed by atoms with van der Waals surface area (Å²) in [6.07, 6.45) is 0.882. The smallest absolute Gasteiger partial charge is 0.151 e. The molecule has 0 N–H and O–H groups in total. The third-order valence-electron chi connectivity index (χ3n) is 4.37. The molecule has 1 aromatic rings. The molecule has 1 aromatic carbocycles. The number of hydrogen-bond donors (Lipinski definition) is 0. The molecule has 0 aliphatic carbocycles. The first-order valence-electron chi connectivity index (χ1n) is 7.97. The number of rotatable bonds is 3. The first-order chi connectivity index (χ1) is 10.6. The van der Waals surface area contributed by atoms with Gasteiger partial charge in [0.1, 0.15) is 0 Å². The van der Waals surface area contributed by atoms with E-state index >= 15 is 0 Å². The number of anilines is 1. The second-order valence-corrected chi connectivity index (χ2v) is 8.38. The average Bonchev–Trinajstić information content (AvgIpc) is 2.70. The molecule has 0 radical (unpaired) electrons. The van der Waals surface area contributed by atoms with Gasteiger partial charge in [-0.15, -0.1) is 0 Å². The average molecular weight is 324 g/mol. The third kappa shape index (κ3) is 4.21. The molecular formula is C16H24N2O3S. The highest BCUT2D eigenvalue weighted by molar-refractivity contribution is 7.91. The van der Waals surface area contributed by atoms with Crippen LogP contribution in [0.1, 0.15) is 6.42 Å². The van der Waals surface area contributed by atoms with Crippen LogP contribution in [0.2, 0.25) is 0 Å². The van der Waals surface area contributed by atoms with E-state index in [1.165, 1.54) is 5.69 Å². The van der Waals surface area contributed by atoms with Crippen LogP contribution in [-0.4, -0.2) is 70.3 Å². The summed E-state index contributed by atoms with van der Waals surface area (Å²) in [5, 5.41) is 0. The highest BCUT2D eigenvalue weighted by Gasteiger charge is 2.25. The Labute approximate surface area is 132 Å². The molecule has 5 nitrogen and oxygen atoms in total. The Balaban J connectivity index is 1.56. The van der Waals surface area contributed by atoms with Crippen molar-refractivity contribution in [1.82, 2.24) is 4.90 Å². The zero-order valence-electron chi connectivity index (χ0n) is 12.9. The molecule has 3 rings (SSSR count). The van der Waals surface area contributed by atoms with Crippen LogP contribution in [0.4, 0.5) is 5.69 Å². The Hall–Kier alpha value is -1.11. The Kier molecular flexibility index (Phi) is 5.00. The minimum atomic E-state index is -2.84. The van der Waals surface area contributed by atoms with Gasteiger partial charge >= 0.3 is 0 Å². The van der Waals surface area contributed by atoms with Gasteiger partial charge in [-0.25, -0.2) is 8.42 Å². The van der Waals surface area contributed by atoms with Gasteiger partial charge in [0.2, 0.25) is 0 Å². The molecule has 0 saturated carbocycles. The quantitative estimate of drug-likeness (QED) is 0.831. The van der Waals surface area contributed by atoms with E-state index in [-0.39, 0.29) is 11.9 Å². The molecule has 2 fully saturated rings. The summed E-state index contributed by atoms with van der Waals surface area (Å²) in [6, 6.07) is 10.4.